The van der Waals surface area contributed by atoms with E-state index in [2.05, 4.69) is 10.5 Å². The third-order valence-electron chi connectivity index (χ3n) is 8.61. The Balaban J connectivity index is 1.21. The second-order valence-electron chi connectivity index (χ2n) is 11.9. The highest BCUT2D eigenvalue weighted by Gasteiger charge is 2.37. The Morgan fingerprint density at radius 1 is 0.660 bits per heavy atom. The van der Waals surface area contributed by atoms with Crippen LogP contribution in [0.3, 0.4) is 0 Å². The number of nitrogens with zero attached hydrogens (tertiary/aromatic N) is 2. The number of hydrogen-bond donors (Lipinski definition) is 2. The fourth-order valence-corrected chi connectivity index (χ4v) is 7.53. The van der Waals surface area contributed by atoms with Gasteiger partial charge in [-0.25, -0.2) is 14.6 Å². The summed E-state index contributed by atoms with van der Waals surface area (Å²) in [6.07, 6.45) is -2.08. The predicted octanol–water partition coefficient (Wildman–Crippen LogP) is 9.49. The SMILES string of the molecule is O=C(O)/C(=N\OC(C(=O)OC(c1ccccc1)c1ccccc1)c1ccsc1)c1csc(NC(c2ccccc2)(c2ccccc2)c2ccccc2)n1. The Bertz CT molecular complexity index is 2130. The van der Waals surface area contributed by atoms with E-state index in [1.165, 1.54) is 22.7 Å². The first-order chi connectivity index (χ1) is 26.0. The zero-order valence-corrected chi connectivity index (χ0v) is 29.8. The van der Waals surface area contributed by atoms with Gasteiger partial charge in [-0.2, -0.15) is 11.3 Å². The van der Waals surface area contributed by atoms with Gasteiger partial charge in [0.15, 0.2) is 11.2 Å². The molecule has 1 atom stereocenters. The van der Waals surface area contributed by atoms with Crippen molar-refractivity contribution < 1.29 is 24.3 Å². The molecule has 1 unspecified atom stereocenters. The zero-order chi connectivity index (χ0) is 36.5. The Hall–Kier alpha value is -6.36. The van der Waals surface area contributed by atoms with Crippen LogP contribution in [0.5, 0.6) is 0 Å². The molecule has 0 radical (unpaired) electrons. The van der Waals surface area contributed by atoms with E-state index in [-0.39, 0.29) is 5.69 Å². The summed E-state index contributed by atoms with van der Waals surface area (Å²) in [5, 5.41) is 23.6. The van der Waals surface area contributed by atoms with E-state index in [9.17, 15) is 14.7 Å². The van der Waals surface area contributed by atoms with Crippen molar-refractivity contribution in [1.82, 2.24) is 4.98 Å². The predicted molar refractivity (Wildman–Crippen MR) is 208 cm³/mol. The van der Waals surface area contributed by atoms with Gasteiger partial charge in [-0.15, -0.1) is 11.3 Å². The van der Waals surface area contributed by atoms with Crippen LogP contribution in [-0.4, -0.2) is 27.7 Å². The number of esters is 1. The Morgan fingerprint density at radius 2 is 1.15 bits per heavy atom. The first-order valence-corrected chi connectivity index (χ1v) is 18.6. The molecule has 262 valence electrons. The van der Waals surface area contributed by atoms with E-state index in [0.717, 1.165) is 27.8 Å². The molecule has 7 aromatic rings. The Labute approximate surface area is 314 Å². The molecule has 0 amide bonds. The van der Waals surface area contributed by atoms with E-state index >= 15 is 0 Å². The van der Waals surface area contributed by atoms with Crippen LogP contribution in [0, 0.1) is 0 Å². The number of aromatic nitrogens is 1. The molecule has 7 rings (SSSR count). The van der Waals surface area contributed by atoms with Gasteiger partial charge in [0.05, 0.1) is 0 Å². The van der Waals surface area contributed by atoms with E-state index in [4.69, 9.17) is 14.6 Å². The van der Waals surface area contributed by atoms with E-state index in [1.807, 2.05) is 152 Å². The molecule has 0 saturated heterocycles. The Morgan fingerprint density at radius 3 is 1.60 bits per heavy atom. The van der Waals surface area contributed by atoms with Gasteiger partial charge in [0, 0.05) is 10.9 Å². The number of carboxylic acid groups (broad SMARTS) is 1. The monoisotopic (exact) mass is 735 g/mol. The minimum absolute atomic E-state index is 0.0666. The van der Waals surface area contributed by atoms with Gasteiger partial charge in [-0.05, 0) is 44.6 Å². The summed E-state index contributed by atoms with van der Waals surface area (Å²) in [5.74, 6) is -2.10. The molecule has 2 N–H and O–H groups in total. The lowest BCUT2D eigenvalue weighted by Gasteiger charge is -2.36. The summed E-state index contributed by atoms with van der Waals surface area (Å²) in [6.45, 7) is 0. The number of ether oxygens (including phenoxy) is 1. The smallest absolute Gasteiger partial charge is 0.360 e. The molecular formula is C43H33N3O5S2. The number of nitrogens with one attached hydrogen (secondary N) is 1. The second kappa shape index (κ2) is 16.3. The fraction of sp³-hybridized carbons (Fsp3) is 0.0698. The highest BCUT2D eigenvalue weighted by Crippen LogP contribution is 2.41. The first-order valence-electron chi connectivity index (χ1n) is 16.7. The van der Waals surface area contributed by atoms with Gasteiger partial charge < -0.3 is 20.0 Å². The van der Waals surface area contributed by atoms with Crippen molar-refractivity contribution in [3.05, 3.63) is 213 Å². The van der Waals surface area contributed by atoms with E-state index < -0.39 is 35.4 Å². The molecule has 5 aromatic carbocycles. The van der Waals surface area contributed by atoms with Gasteiger partial charge in [0.1, 0.15) is 11.2 Å². The van der Waals surface area contributed by atoms with Crippen LogP contribution in [0.15, 0.2) is 179 Å². The standard InChI is InChI=1S/C43H33N3O5S2/c47-40(48)37(46-51-39(32-26-27-52-28-32)41(49)50-38(30-16-6-1-7-17-30)31-18-8-2-9-19-31)36-29-53-42(44-36)45-43(33-20-10-3-11-21-33,34-22-12-4-13-23-34)35-24-14-5-15-25-35/h1-29,38-39H,(H,44,45)(H,47,48)/b46-37-. The highest BCUT2D eigenvalue weighted by atomic mass is 32.1. The maximum absolute atomic E-state index is 13.9. The topological polar surface area (TPSA) is 110 Å². The summed E-state index contributed by atoms with van der Waals surface area (Å²) in [5.41, 5.74) is 3.64. The lowest BCUT2D eigenvalue weighted by molar-refractivity contribution is -0.162. The molecule has 53 heavy (non-hydrogen) atoms. The van der Waals surface area contributed by atoms with Crippen LogP contribution in [0.25, 0.3) is 0 Å². The number of aliphatic carboxylic acids is 1. The molecule has 10 heteroatoms. The molecule has 0 aliphatic carbocycles. The number of oxime groups is 1. The maximum Gasteiger partial charge on any atom is 0.360 e. The molecule has 8 nitrogen and oxygen atoms in total. The van der Waals surface area contributed by atoms with Crippen LogP contribution >= 0.6 is 22.7 Å². The van der Waals surface area contributed by atoms with Crippen LogP contribution in [0.4, 0.5) is 5.13 Å². The highest BCUT2D eigenvalue weighted by molar-refractivity contribution is 7.14. The van der Waals surface area contributed by atoms with Gasteiger partial charge in [-0.1, -0.05) is 157 Å². The molecular weight excluding hydrogens is 703 g/mol. The number of carbonyl (C=O) groups is 2. The summed E-state index contributed by atoms with van der Waals surface area (Å²) in [4.78, 5) is 37.1. The van der Waals surface area contributed by atoms with Gasteiger partial charge in [-0.3, -0.25) is 0 Å². The molecule has 0 aliphatic rings. The third-order valence-corrected chi connectivity index (χ3v) is 10.1. The number of thiophene rings is 1. The van der Waals surface area contributed by atoms with Gasteiger partial charge in [0.2, 0.25) is 11.8 Å². The van der Waals surface area contributed by atoms with Crippen LogP contribution in [0.1, 0.15) is 51.3 Å². The van der Waals surface area contributed by atoms with Crippen molar-refractivity contribution >= 4 is 45.5 Å². The number of anilines is 1. The minimum Gasteiger partial charge on any atom is -0.476 e. The quantitative estimate of drug-likeness (QED) is 0.0496. The molecule has 0 aliphatic heterocycles. The third kappa shape index (κ3) is 7.79. The molecule has 0 saturated carbocycles. The number of benzene rings is 5. The molecule has 0 bridgehead atoms. The summed E-state index contributed by atoms with van der Waals surface area (Å²) >= 11 is 2.60. The van der Waals surface area contributed by atoms with Crippen LogP contribution < -0.4 is 5.32 Å². The van der Waals surface area contributed by atoms with Crippen molar-refractivity contribution in [2.24, 2.45) is 5.16 Å². The second-order valence-corrected chi connectivity index (χ2v) is 13.6. The average molecular weight is 736 g/mol. The molecule has 0 spiro atoms. The molecule has 2 heterocycles. The van der Waals surface area contributed by atoms with Crippen molar-refractivity contribution in [2.75, 3.05) is 5.32 Å². The van der Waals surface area contributed by atoms with Crippen molar-refractivity contribution in [1.29, 1.82) is 0 Å². The molecule has 0 fully saturated rings. The number of carboxylic acids is 1. The molecule has 2 aromatic heterocycles. The summed E-state index contributed by atoms with van der Waals surface area (Å²) in [6, 6.07) is 50.5. The first kappa shape index (κ1) is 35.1. The number of carbonyl (C=O) groups excluding carboxylic acids is 1. The van der Waals surface area contributed by atoms with Crippen LogP contribution in [0.2, 0.25) is 0 Å². The van der Waals surface area contributed by atoms with Crippen molar-refractivity contribution in [3.63, 3.8) is 0 Å². The van der Waals surface area contributed by atoms with Crippen LogP contribution in [-0.2, 0) is 24.7 Å². The van der Waals surface area contributed by atoms with Crippen molar-refractivity contribution in [2.45, 2.75) is 17.7 Å². The normalized spacial score (nSPS) is 12.2. The summed E-state index contributed by atoms with van der Waals surface area (Å²) in [7, 11) is 0. The van der Waals surface area contributed by atoms with Gasteiger partial charge >= 0.3 is 11.9 Å². The lowest BCUT2D eigenvalue weighted by atomic mass is 9.77. The number of thiazole rings is 1. The maximum atomic E-state index is 13.9. The zero-order valence-electron chi connectivity index (χ0n) is 28.2. The number of hydrogen-bond acceptors (Lipinski definition) is 9. The summed E-state index contributed by atoms with van der Waals surface area (Å²) < 4.78 is 6.09. The van der Waals surface area contributed by atoms with E-state index in [1.54, 1.807) is 22.2 Å². The largest absolute Gasteiger partial charge is 0.476 e. The van der Waals surface area contributed by atoms with E-state index in [0.29, 0.717) is 10.7 Å². The fourth-order valence-electron chi connectivity index (χ4n) is 6.11. The minimum atomic E-state index is -1.37. The average Bonchev–Trinajstić information content (AvgIpc) is 3.92. The van der Waals surface area contributed by atoms with Gasteiger partial charge in [0.25, 0.3) is 0 Å². The lowest BCUT2D eigenvalue weighted by Crippen LogP contribution is -2.38. The van der Waals surface area contributed by atoms with Crippen molar-refractivity contribution in [3.8, 4) is 0 Å². The Kier molecular flexibility index (Phi) is 10.8. The number of rotatable bonds is 14.